The van der Waals surface area contributed by atoms with Crippen LogP contribution < -0.4 is 5.32 Å². The van der Waals surface area contributed by atoms with Crippen molar-refractivity contribution in [1.29, 1.82) is 0 Å². The van der Waals surface area contributed by atoms with Crippen molar-refractivity contribution in [2.24, 2.45) is 0 Å². The number of aryl methyl sites for hydroxylation is 1. The number of sulfone groups is 1. The van der Waals surface area contributed by atoms with E-state index >= 15 is 0 Å². The van der Waals surface area contributed by atoms with Gasteiger partial charge in [0.2, 0.25) is 0 Å². The van der Waals surface area contributed by atoms with Crippen molar-refractivity contribution in [3.05, 3.63) is 36.0 Å². The first-order valence-electron chi connectivity index (χ1n) is 7.74. The van der Waals surface area contributed by atoms with E-state index < -0.39 is 9.84 Å². The maximum absolute atomic E-state index is 11.9. The molecule has 1 aromatic carbocycles. The van der Waals surface area contributed by atoms with Gasteiger partial charge in [-0.15, -0.1) is 0 Å². The van der Waals surface area contributed by atoms with Crippen LogP contribution in [0.5, 0.6) is 0 Å². The Balaban J connectivity index is 1.82. The highest BCUT2D eigenvalue weighted by atomic mass is 32.2. The number of hydrogen-bond donors (Lipinski definition) is 1. The number of rotatable bonds is 2. The van der Waals surface area contributed by atoms with Crippen molar-refractivity contribution >= 4 is 32.2 Å². The number of nitrogens with zero attached hydrogens (tertiary/aromatic N) is 3. The molecule has 2 aromatic heterocycles. The SMILES string of the molecule is Cc1cc2nc(N[C@@H]3CCCS(=O)(=O)C3)c3ccccc3n2n1. The van der Waals surface area contributed by atoms with E-state index in [1.807, 2.05) is 41.8 Å². The Kier molecular flexibility index (Phi) is 3.26. The quantitative estimate of drug-likeness (QED) is 0.779. The molecule has 6 nitrogen and oxygen atoms in total. The van der Waals surface area contributed by atoms with Crippen molar-refractivity contribution < 1.29 is 8.42 Å². The Hall–Kier alpha value is -2.15. The zero-order chi connectivity index (χ0) is 16.0. The van der Waals surface area contributed by atoms with E-state index in [1.54, 1.807) is 0 Å². The first-order valence-corrected chi connectivity index (χ1v) is 9.56. The normalized spacial score (nSPS) is 20.8. The van der Waals surface area contributed by atoms with Crippen LogP contribution in [-0.4, -0.2) is 40.6 Å². The Morgan fingerprint density at radius 2 is 2.13 bits per heavy atom. The minimum Gasteiger partial charge on any atom is -0.366 e. The van der Waals surface area contributed by atoms with E-state index in [1.165, 1.54) is 0 Å². The van der Waals surface area contributed by atoms with Crippen LogP contribution >= 0.6 is 0 Å². The van der Waals surface area contributed by atoms with Crippen LogP contribution in [0.4, 0.5) is 5.82 Å². The molecule has 1 fully saturated rings. The van der Waals surface area contributed by atoms with Gasteiger partial charge in [-0.05, 0) is 31.9 Å². The highest BCUT2D eigenvalue weighted by Gasteiger charge is 2.25. The van der Waals surface area contributed by atoms with Gasteiger partial charge in [0, 0.05) is 17.5 Å². The summed E-state index contributed by atoms with van der Waals surface area (Å²) in [7, 11) is -2.95. The molecular weight excluding hydrogens is 312 g/mol. The third-order valence-corrected chi connectivity index (χ3v) is 6.05. The number of anilines is 1. The van der Waals surface area contributed by atoms with E-state index in [9.17, 15) is 8.42 Å². The average Bonchev–Trinajstić information content (AvgIpc) is 2.87. The van der Waals surface area contributed by atoms with Gasteiger partial charge < -0.3 is 5.32 Å². The molecule has 3 heterocycles. The van der Waals surface area contributed by atoms with Crippen molar-refractivity contribution in [3.63, 3.8) is 0 Å². The summed E-state index contributed by atoms with van der Waals surface area (Å²) in [5.74, 6) is 1.20. The van der Waals surface area contributed by atoms with E-state index in [0.29, 0.717) is 12.2 Å². The van der Waals surface area contributed by atoms with Crippen molar-refractivity contribution in [2.75, 3.05) is 16.8 Å². The van der Waals surface area contributed by atoms with E-state index in [0.717, 1.165) is 34.5 Å². The van der Waals surface area contributed by atoms with Gasteiger partial charge in [-0.2, -0.15) is 5.10 Å². The lowest BCUT2D eigenvalue weighted by Crippen LogP contribution is -2.35. The predicted octanol–water partition coefficient (Wildman–Crippen LogP) is 2.18. The fourth-order valence-electron chi connectivity index (χ4n) is 3.22. The lowest BCUT2D eigenvalue weighted by Gasteiger charge is -2.24. The van der Waals surface area contributed by atoms with Crippen LogP contribution in [-0.2, 0) is 9.84 Å². The first-order chi connectivity index (χ1) is 11.0. The van der Waals surface area contributed by atoms with Crippen LogP contribution in [0.15, 0.2) is 30.3 Å². The van der Waals surface area contributed by atoms with Gasteiger partial charge in [-0.3, -0.25) is 0 Å². The van der Waals surface area contributed by atoms with E-state index in [-0.39, 0.29) is 11.8 Å². The molecule has 1 N–H and O–H groups in total. The average molecular weight is 330 g/mol. The monoisotopic (exact) mass is 330 g/mol. The zero-order valence-corrected chi connectivity index (χ0v) is 13.7. The fraction of sp³-hybridized carbons (Fsp3) is 0.375. The second kappa shape index (κ2) is 5.19. The second-order valence-corrected chi connectivity index (χ2v) is 8.36. The summed E-state index contributed by atoms with van der Waals surface area (Å²) in [6.45, 7) is 1.93. The number of nitrogens with one attached hydrogen (secondary N) is 1. The van der Waals surface area contributed by atoms with Gasteiger partial charge in [0.15, 0.2) is 15.5 Å². The molecule has 3 aromatic rings. The van der Waals surface area contributed by atoms with Gasteiger partial charge in [-0.1, -0.05) is 12.1 Å². The molecule has 23 heavy (non-hydrogen) atoms. The smallest absolute Gasteiger partial charge is 0.158 e. The van der Waals surface area contributed by atoms with Crippen molar-refractivity contribution in [2.45, 2.75) is 25.8 Å². The minimum atomic E-state index is -2.95. The Bertz CT molecular complexity index is 994. The lowest BCUT2D eigenvalue weighted by atomic mass is 10.1. The van der Waals surface area contributed by atoms with Crippen LogP contribution in [0, 0.1) is 6.92 Å². The number of hydrogen-bond acceptors (Lipinski definition) is 5. The second-order valence-electron chi connectivity index (χ2n) is 6.13. The number of fused-ring (bicyclic) bond motifs is 3. The van der Waals surface area contributed by atoms with Crippen LogP contribution in [0.1, 0.15) is 18.5 Å². The van der Waals surface area contributed by atoms with E-state index in [2.05, 4.69) is 15.4 Å². The Morgan fingerprint density at radius 1 is 1.30 bits per heavy atom. The third-order valence-electron chi connectivity index (χ3n) is 4.23. The number of para-hydroxylation sites is 1. The minimum absolute atomic E-state index is 0.0869. The fourth-order valence-corrected chi connectivity index (χ4v) is 4.85. The first kappa shape index (κ1) is 14.4. The van der Waals surface area contributed by atoms with Crippen molar-refractivity contribution in [3.8, 4) is 0 Å². The van der Waals surface area contributed by atoms with Gasteiger partial charge in [0.1, 0.15) is 5.82 Å². The maximum atomic E-state index is 11.9. The van der Waals surface area contributed by atoms with Gasteiger partial charge >= 0.3 is 0 Å². The molecule has 4 rings (SSSR count). The summed E-state index contributed by atoms with van der Waals surface area (Å²) in [6, 6.07) is 9.74. The highest BCUT2D eigenvalue weighted by molar-refractivity contribution is 7.91. The van der Waals surface area contributed by atoms with Crippen LogP contribution in [0.3, 0.4) is 0 Å². The van der Waals surface area contributed by atoms with Gasteiger partial charge in [0.25, 0.3) is 0 Å². The number of aromatic nitrogens is 3. The van der Waals surface area contributed by atoms with Gasteiger partial charge in [-0.25, -0.2) is 17.9 Å². The van der Waals surface area contributed by atoms with Crippen molar-refractivity contribution in [1.82, 2.24) is 14.6 Å². The molecule has 0 aliphatic carbocycles. The molecule has 7 heteroatoms. The molecule has 0 spiro atoms. The molecule has 0 radical (unpaired) electrons. The standard InChI is InChI=1S/C16H18N4O2S/c1-11-9-15-18-16(17-12-5-4-8-23(21,22)10-12)13-6-2-3-7-14(13)20(15)19-11/h2-3,6-7,9,12H,4-5,8,10H2,1H3,(H,17,18)/t12-/m1/s1. The zero-order valence-electron chi connectivity index (χ0n) is 12.9. The topological polar surface area (TPSA) is 76.4 Å². The molecule has 0 bridgehead atoms. The summed E-state index contributed by atoms with van der Waals surface area (Å²) >= 11 is 0. The van der Waals surface area contributed by atoms with Crippen LogP contribution in [0.25, 0.3) is 16.6 Å². The van der Waals surface area contributed by atoms with Gasteiger partial charge in [0.05, 0.1) is 22.7 Å². The Labute approximate surface area is 134 Å². The predicted molar refractivity (Wildman–Crippen MR) is 90.5 cm³/mol. The lowest BCUT2D eigenvalue weighted by molar-refractivity contribution is 0.561. The molecule has 0 amide bonds. The van der Waals surface area contributed by atoms with E-state index in [4.69, 9.17) is 0 Å². The molecule has 0 saturated carbocycles. The summed E-state index contributed by atoms with van der Waals surface area (Å²) in [6.07, 6.45) is 1.55. The highest BCUT2D eigenvalue weighted by Crippen LogP contribution is 2.25. The molecule has 1 atom stereocenters. The van der Waals surface area contributed by atoms with Crippen LogP contribution in [0.2, 0.25) is 0 Å². The summed E-state index contributed by atoms with van der Waals surface area (Å²) < 4.78 is 25.5. The summed E-state index contributed by atoms with van der Waals surface area (Å²) in [5, 5.41) is 8.78. The largest absolute Gasteiger partial charge is 0.366 e. The molecule has 0 unspecified atom stereocenters. The molecular formula is C16H18N4O2S. The maximum Gasteiger partial charge on any atom is 0.158 e. The molecule has 1 aliphatic heterocycles. The third kappa shape index (κ3) is 2.65. The molecule has 1 aliphatic rings. The molecule has 1 saturated heterocycles. The number of benzene rings is 1. The Morgan fingerprint density at radius 3 is 2.96 bits per heavy atom. The summed E-state index contributed by atoms with van der Waals surface area (Å²) in [4.78, 5) is 4.66. The summed E-state index contributed by atoms with van der Waals surface area (Å²) in [5.41, 5.74) is 2.63. The molecule has 120 valence electrons.